The summed E-state index contributed by atoms with van der Waals surface area (Å²) in [4.78, 5) is 12.1. The molecule has 0 saturated carbocycles. The van der Waals surface area contributed by atoms with Gasteiger partial charge >= 0.3 is 0 Å². The topological polar surface area (TPSA) is 50.4 Å². The maximum absolute atomic E-state index is 12.1. The lowest BCUT2D eigenvalue weighted by Crippen LogP contribution is -2.41. The zero-order chi connectivity index (χ0) is 13.0. The highest BCUT2D eigenvalue weighted by atomic mass is 35.5. The van der Waals surface area contributed by atoms with Gasteiger partial charge in [0, 0.05) is 25.0 Å². The van der Waals surface area contributed by atoms with Gasteiger partial charge in [-0.1, -0.05) is 13.8 Å². The fraction of sp³-hybridized carbons (Fsp3) is 0.929. The minimum atomic E-state index is 0. The Balaban J connectivity index is 0.00000180. The van der Waals surface area contributed by atoms with Crippen molar-refractivity contribution in [3.63, 3.8) is 0 Å². The molecule has 0 aromatic heterocycles. The van der Waals surface area contributed by atoms with Gasteiger partial charge in [0.1, 0.15) is 0 Å². The van der Waals surface area contributed by atoms with Gasteiger partial charge in [0.25, 0.3) is 0 Å². The minimum Gasteiger partial charge on any atom is -0.378 e. The third kappa shape index (κ3) is 4.62. The van der Waals surface area contributed by atoms with E-state index >= 15 is 0 Å². The van der Waals surface area contributed by atoms with Gasteiger partial charge in [-0.15, -0.1) is 12.4 Å². The van der Waals surface area contributed by atoms with E-state index < -0.39 is 0 Å². The molecule has 2 rings (SSSR count). The molecule has 112 valence electrons. The number of hydrogen-bond donors (Lipinski definition) is 2. The highest BCUT2D eigenvalue weighted by Crippen LogP contribution is 2.26. The van der Waals surface area contributed by atoms with E-state index in [9.17, 15) is 4.79 Å². The van der Waals surface area contributed by atoms with E-state index in [1.165, 1.54) is 0 Å². The quantitative estimate of drug-likeness (QED) is 0.827. The van der Waals surface area contributed by atoms with Gasteiger partial charge in [-0.05, 0) is 38.3 Å². The minimum absolute atomic E-state index is 0. The largest absolute Gasteiger partial charge is 0.378 e. The lowest BCUT2D eigenvalue weighted by molar-refractivity contribution is -0.126. The van der Waals surface area contributed by atoms with Crippen LogP contribution in [0.4, 0.5) is 0 Å². The Kier molecular flexibility index (Phi) is 7.11. The summed E-state index contributed by atoms with van der Waals surface area (Å²) >= 11 is 0. The van der Waals surface area contributed by atoms with E-state index in [-0.39, 0.29) is 24.2 Å². The third-order valence-electron chi connectivity index (χ3n) is 4.17. The van der Waals surface area contributed by atoms with Crippen molar-refractivity contribution in [1.82, 2.24) is 10.6 Å². The molecule has 2 atom stereocenters. The van der Waals surface area contributed by atoms with Crippen LogP contribution in [-0.4, -0.2) is 38.3 Å². The van der Waals surface area contributed by atoms with E-state index in [0.29, 0.717) is 17.9 Å². The predicted octanol–water partition coefficient (Wildman–Crippen LogP) is 1.59. The maximum atomic E-state index is 12.1. The van der Waals surface area contributed by atoms with Gasteiger partial charge in [-0.3, -0.25) is 4.79 Å². The summed E-state index contributed by atoms with van der Waals surface area (Å²) in [6, 6.07) is 0. The number of hydrogen-bond acceptors (Lipinski definition) is 3. The number of nitrogens with one attached hydrogen (secondary N) is 2. The number of rotatable bonds is 4. The van der Waals surface area contributed by atoms with Crippen molar-refractivity contribution in [1.29, 1.82) is 0 Å². The summed E-state index contributed by atoms with van der Waals surface area (Å²) in [5.74, 6) is 1.49. The number of carbonyl (C=O) groups is 1. The van der Waals surface area contributed by atoms with Crippen molar-refractivity contribution in [3.8, 4) is 0 Å². The lowest BCUT2D eigenvalue weighted by atomic mass is 9.92. The molecule has 2 saturated heterocycles. The molecule has 5 heteroatoms. The number of ether oxygens (including phenoxy) is 1. The normalized spacial score (nSPS) is 28.2. The van der Waals surface area contributed by atoms with Gasteiger partial charge in [-0.2, -0.15) is 0 Å². The summed E-state index contributed by atoms with van der Waals surface area (Å²) in [6.45, 7) is 7.95. The van der Waals surface area contributed by atoms with Crippen molar-refractivity contribution < 1.29 is 9.53 Å². The van der Waals surface area contributed by atoms with Crippen LogP contribution in [0.15, 0.2) is 0 Å². The molecular formula is C14H27ClN2O2. The molecule has 2 aliphatic heterocycles. The number of carbonyl (C=O) groups excluding carboxylic acids is 1. The Bertz CT molecular complexity index is 281. The highest BCUT2D eigenvalue weighted by molar-refractivity contribution is 5.85. The van der Waals surface area contributed by atoms with E-state index in [1.54, 1.807) is 0 Å². The van der Waals surface area contributed by atoms with Crippen molar-refractivity contribution >= 4 is 18.3 Å². The molecule has 0 bridgehead atoms. The first-order valence-electron chi connectivity index (χ1n) is 7.28. The van der Waals surface area contributed by atoms with Crippen molar-refractivity contribution in [2.24, 2.45) is 17.8 Å². The molecule has 2 aliphatic rings. The molecule has 0 aromatic carbocycles. The monoisotopic (exact) mass is 290 g/mol. The molecule has 0 spiro atoms. The van der Waals surface area contributed by atoms with Crippen LogP contribution in [0.3, 0.4) is 0 Å². The molecule has 1 amide bonds. The summed E-state index contributed by atoms with van der Waals surface area (Å²) in [5, 5.41) is 6.42. The summed E-state index contributed by atoms with van der Waals surface area (Å²) in [7, 11) is 0. The zero-order valence-electron chi connectivity index (χ0n) is 12.0. The molecule has 0 radical (unpaired) electrons. The van der Waals surface area contributed by atoms with Gasteiger partial charge in [-0.25, -0.2) is 0 Å². The van der Waals surface area contributed by atoms with Gasteiger partial charge < -0.3 is 15.4 Å². The Morgan fingerprint density at radius 3 is 2.63 bits per heavy atom. The molecule has 2 heterocycles. The highest BCUT2D eigenvalue weighted by Gasteiger charge is 2.31. The van der Waals surface area contributed by atoms with Crippen molar-refractivity contribution in [3.05, 3.63) is 0 Å². The second-order valence-electron chi connectivity index (χ2n) is 5.90. The molecule has 0 aromatic rings. The predicted molar refractivity (Wildman–Crippen MR) is 78.5 cm³/mol. The van der Waals surface area contributed by atoms with Crippen LogP contribution >= 0.6 is 12.4 Å². The van der Waals surface area contributed by atoms with E-state index in [2.05, 4.69) is 24.5 Å². The van der Waals surface area contributed by atoms with Crippen LogP contribution < -0.4 is 10.6 Å². The first-order valence-corrected chi connectivity index (χ1v) is 7.28. The van der Waals surface area contributed by atoms with Crippen LogP contribution in [-0.2, 0) is 9.53 Å². The Labute approximate surface area is 122 Å². The average Bonchev–Trinajstić information content (AvgIpc) is 2.85. The molecular weight excluding hydrogens is 264 g/mol. The molecule has 2 unspecified atom stereocenters. The number of halogens is 1. The third-order valence-corrected chi connectivity index (χ3v) is 4.17. The average molecular weight is 291 g/mol. The fourth-order valence-corrected chi connectivity index (χ4v) is 3.07. The number of amides is 1. The SMILES string of the molecule is CC(C)C1OCCC1CNC(=O)C1CCNCC1.Cl. The van der Waals surface area contributed by atoms with E-state index in [4.69, 9.17) is 4.74 Å². The van der Waals surface area contributed by atoms with Gasteiger partial charge in [0.05, 0.1) is 6.10 Å². The zero-order valence-corrected chi connectivity index (χ0v) is 12.8. The summed E-state index contributed by atoms with van der Waals surface area (Å²) < 4.78 is 5.74. The van der Waals surface area contributed by atoms with Gasteiger partial charge in [0.15, 0.2) is 0 Å². The van der Waals surface area contributed by atoms with E-state index in [1.807, 2.05) is 0 Å². The second-order valence-corrected chi connectivity index (χ2v) is 5.90. The summed E-state index contributed by atoms with van der Waals surface area (Å²) in [6.07, 6.45) is 3.34. The summed E-state index contributed by atoms with van der Waals surface area (Å²) in [5.41, 5.74) is 0. The Morgan fingerprint density at radius 1 is 1.32 bits per heavy atom. The second kappa shape index (κ2) is 8.08. The van der Waals surface area contributed by atoms with Crippen LogP contribution in [0, 0.1) is 17.8 Å². The Morgan fingerprint density at radius 2 is 2.00 bits per heavy atom. The molecule has 2 fully saturated rings. The van der Waals surface area contributed by atoms with Crippen LogP contribution in [0.1, 0.15) is 33.1 Å². The van der Waals surface area contributed by atoms with Crippen molar-refractivity contribution in [2.75, 3.05) is 26.2 Å². The smallest absolute Gasteiger partial charge is 0.223 e. The lowest BCUT2D eigenvalue weighted by Gasteiger charge is -2.25. The molecule has 4 nitrogen and oxygen atoms in total. The fourth-order valence-electron chi connectivity index (χ4n) is 3.07. The van der Waals surface area contributed by atoms with Crippen LogP contribution in [0.25, 0.3) is 0 Å². The van der Waals surface area contributed by atoms with Crippen LogP contribution in [0.5, 0.6) is 0 Å². The first kappa shape index (κ1) is 16.7. The molecule has 19 heavy (non-hydrogen) atoms. The Hall–Kier alpha value is -0.320. The molecule has 0 aliphatic carbocycles. The van der Waals surface area contributed by atoms with E-state index in [0.717, 1.165) is 45.5 Å². The molecule has 2 N–H and O–H groups in total. The standard InChI is InChI=1S/C14H26N2O2.ClH/c1-10(2)13-12(5-8-18-13)9-16-14(17)11-3-6-15-7-4-11;/h10-13,15H,3-9H2,1-2H3,(H,16,17);1H. The van der Waals surface area contributed by atoms with Crippen molar-refractivity contribution in [2.45, 2.75) is 39.2 Å². The van der Waals surface area contributed by atoms with Crippen LogP contribution in [0.2, 0.25) is 0 Å². The maximum Gasteiger partial charge on any atom is 0.223 e. The first-order chi connectivity index (χ1) is 8.68. The van der Waals surface area contributed by atoms with Gasteiger partial charge in [0.2, 0.25) is 5.91 Å². The number of piperidine rings is 1.